The molecular weight excluding hydrogens is 296 g/mol. The number of carbonyl (C=O) groups is 1. The van der Waals surface area contributed by atoms with Crippen LogP contribution in [0.4, 0.5) is 0 Å². The Balaban J connectivity index is 0. The standard InChI is InChI=1S/C18H36N2O.ClH/c19-17-15-13-11-9-7-5-3-1-2-4-6-8-10-12-14-16-18(20)21;/h1-2H,3-17,19H2,(H2,20,21);1H/b2-1-;. The normalized spacial score (nSPS) is 10.8. The Morgan fingerprint density at radius 2 is 1.09 bits per heavy atom. The van der Waals surface area contributed by atoms with E-state index in [1.165, 1.54) is 70.6 Å². The molecule has 0 saturated heterocycles. The van der Waals surface area contributed by atoms with Crippen molar-refractivity contribution in [3.8, 4) is 0 Å². The Labute approximate surface area is 143 Å². The van der Waals surface area contributed by atoms with Crippen LogP contribution in [0.1, 0.15) is 89.9 Å². The number of allylic oxidation sites excluding steroid dienone is 2. The summed E-state index contributed by atoms with van der Waals surface area (Å²) in [5.41, 5.74) is 10.6. The predicted molar refractivity (Wildman–Crippen MR) is 99.3 cm³/mol. The van der Waals surface area contributed by atoms with Gasteiger partial charge in [-0.05, 0) is 45.1 Å². The van der Waals surface area contributed by atoms with E-state index in [1.807, 2.05) is 0 Å². The Morgan fingerprint density at radius 3 is 1.55 bits per heavy atom. The molecule has 0 rings (SSSR count). The number of nitrogens with two attached hydrogens (primary N) is 2. The fourth-order valence-electron chi connectivity index (χ4n) is 2.44. The molecular formula is C18H37ClN2O. The van der Waals surface area contributed by atoms with E-state index < -0.39 is 0 Å². The van der Waals surface area contributed by atoms with E-state index in [9.17, 15) is 4.79 Å². The maximum atomic E-state index is 10.6. The van der Waals surface area contributed by atoms with Crippen LogP contribution < -0.4 is 11.5 Å². The van der Waals surface area contributed by atoms with Crippen molar-refractivity contribution in [2.45, 2.75) is 89.9 Å². The van der Waals surface area contributed by atoms with E-state index in [4.69, 9.17) is 11.5 Å². The van der Waals surface area contributed by atoms with Crippen LogP contribution in [0.2, 0.25) is 0 Å². The molecule has 0 aromatic carbocycles. The van der Waals surface area contributed by atoms with Gasteiger partial charge in [-0.2, -0.15) is 0 Å². The molecule has 0 saturated carbocycles. The maximum Gasteiger partial charge on any atom is 0.217 e. The minimum atomic E-state index is -0.169. The van der Waals surface area contributed by atoms with E-state index in [0.717, 1.165) is 19.4 Å². The smallest absolute Gasteiger partial charge is 0.217 e. The van der Waals surface area contributed by atoms with Crippen LogP contribution in [0.3, 0.4) is 0 Å². The second-order valence-corrected chi connectivity index (χ2v) is 5.94. The second kappa shape index (κ2) is 20.5. The molecule has 0 atom stereocenters. The van der Waals surface area contributed by atoms with Crippen molar-refractivity contribution in [1.82, 2.24) is 0 Å². The maximum absolute atomic E-state index is 10.6. The molecule has 0 bridgehead atoms. The molecule has 4 N–H and O–H groups in total. The first-order valence-electron chi connectivity index (χ1n) is 8.90. The van der Waals surface area contributed by atoms with Crippen molar-refractivity contribution in [1.29, 1.82) is 0 Å². The molecule has 0 unspecified atom stereocenters. The van der Waals surface area contributed by atoms with E-state index in [-0.39, 0.29) is 18.3 Å². The van der Waals surface area contributed by atoms with Gasteiger partial charge in [0, 0.05) is 6.42 Å². The lowest BCUT2D eigenvalue weighted by Gasteiger charge is -1.99. The molecule has 0 heterocycles. The summed E-state index contributed by atoms with van der Waals surface area (Å²) in [7, 11) is 0. The number of hydrogen-bond acceptors (Lipinski definition) is 2. The van der Waals surface area contributed by atoms with Crippen LogP contribution in [-0.4, -0.2) is 12.5 Å². The molecule has 0 fully saturated rings. The zero-order chi connectivity index (χ0) is 15.6. The Bertz CT molecular complexity index is 257. The van der Waals surface area contributed by atoms with E-state index in [0.29, 0.717) is 6.42 Å². The summed E-state index contributed by atoms with van der Waals surface area (Å²) in [5.74, 6) is -0.169. The number of hydrogen-bond donors (Lipinski definition) is 2. The molecule has 1 amide bonds. The van der Waals surface area contributed by atoms with Gasteiger partial charge in [-0.1, -0.05) is 57.1 Å². The van der Waals surface area contributed by atoms with Crippen molar-refractivity contribution < 1.29 is 4.79 Å². The molecule has 0 spiro atoms. The van der Waals surface area contributed by atoms with Gasteiger partial charge in [-0.25, -0.2) is 0 Å². The third kappa shape index (κ3) is 21.8. The minimum Gasteiger partial charge on any atom is -0.370 e. The van der Waals surface area contributed by atoms with Crippen molar-refractivity contribution in [3.05, 3.63) is 12.2 Å². The first kappa shape index (κ1) is 23.7. The largest absolute Gasteiger partial charge is 0.370 e. The zero-order valence-corrected chi connectivity index (χ0v) is 15.0. The van der Waals surface area contributed by atoms with Crippen molar-refractivity contribution in [2.24, 2.45) is 11.5 Å². The molecule has 3 nitrogen and oxygen atoms in total. The van der Waals surface area contributed by atoms with E-state index in [1.54, 1.807) is 0 Å². The van der Waals surface area contributed by atoms with Crippen molar-refractivity contribution >= 4 is 18.3 Å². The van der Waals surface area contributed by atoms with Gasteiger partial charge in [0.2, 0.25) is 5.91 Å². The van der Waals surface area contributed by atoms with E-state index >= 15 is 0 Å². The van der Waals surface area contributed by atoms with Crippen LogP contribution in [0.5, 0.6) is 0 Å². The Kier molecular flexibility index (Phi) is 22.1. The van der Waals surface area contributed by atoms with Crippen molar-refractivity contribution in [3.63, 3.8) is 0 Å². The fraction of sp³-hybridized carbons (Fsp3) is 0.833. The first-order chi connectivity index (χ1) is 10.3. The third-order valence-corrected chi connectivity index (χ3v) is 3.79. The fourth-order valence-corrected chi connectivity index (χ4v) is 2.44. The highest BCUT2D eigenvalue weighted by Crippen LogP contribution is 2.09. The van der Waals surface area contributed by atoms with Gasteiger partial charge >= 0.3 is 0 Å². The summed E-state index contributed by atoms with van der Waals surface area (Å²) in [6, 6.07) is 0. The Hall–Kier alpha value is -0.540. The lowest BCUT2D eigenvalue weighted by molar-refractivity contribution is -0.118. The first-order valence-corrected chi connectivity index (χ1v) is 8.90. The van der Waals surface area contributed by atoms with Gasteiger partial charge in [0.25, 0.3) is 0 Å². The third-order valence-electron chi connectivity index (χ3n) is 3.79. The quantitative estimate of drug-likeness (QED) is 0.312. The average molecular weight is 333 g/mol. The van der Waals surface area contributed by atoms with Gasteiger partial charge in [-0.15, -0.1) is 12.4 Å². The zero-order valence-electron chi connectivity index (χ0n) is 14.2. The van der Waals surface area contributed by atoms with Gasteiger partial charge in [0.05, 0.1) is 0 Å². The monoisotopic (exact) mass is 332 g/mol. The molecule has 0 radical (unpaired) electrons. The Morgan fingerprint density at radius 1 is 0.682 bits per heavy atom. The molecule has 0 aliphatic carbocycles. The summed E-state index contributed by atoms with van der Waals surface area (Å²) >= 11 is 0. The average Bonchev–Trinajstić information content (AvgIpc) is 2.46. The summed E-state index contributed by atoms with van der Waals surface area (Å²) in [4.78, 5) is 10.6. The number of rotatable bonds is 16. The summed E-state index contributed by atoms with van der Waals surface area (Å²) < 4.78 is 0. The number of unbranched alkanes of at least 4 members (excludes halogenated alkanes) is 11. The number of halogens is 1. The second-order valence-electron chi connectivity index (χ2n) is 5.94. The minimum absolute atomic E-state index is 0. The number of carbonyl (C=O) groups excluding carboxylic acids is 1. The molecule has 22 heavy (non-hydrogen) atoms. The van der Waals surface area contributed by atoms with Gasteiger partial charge in [0.1, 0.15) is 0 Å². The number of primary amides is 1. The molecule has 0 aromatic rings. The van der Waals surface area contributed by atoms with Crippen LogP contribution in [-0.2, 0) is 4.79 Å². The lowest BCUT2D eigenvalue weighted by Crippen LogP contribution is -2.09. The van der Waals surface area contributed by atoms with Gasteiger partial charge < -0.3 is 11.5 Å². The van der Waals surface area contributed by atoms with Crippen molar-refractivity contribution in [2.75, 3.05) is 6.54 Å². The SMILES string of the molecule is Cl.NCCCCCCCC/C=C\CCCCCCCC(N)=O. The molecule has 132 valence electrons. The highest BCUT2D eigenvalue weighted by molar-refractivity contribution is 5.85. The van der Waals surface area contributed by atoms with Crippen LogP contribution in [0.25, 0.3) is 0 Å². The van der Waals surface area contributed by atoms with Crippen LogP contribution in [0, 0.1) is 0 Å². The number of amides is 1. The summed E-state index contributed by atoms with van der Waals surface area (Å²) in [6.45, 7) is 0.841. The molecule has 0 aliphatic rings. The molecule has 4 heteroatoms. The molecule has 0 aliphatic heterocycles. The summed E-state index contributed by atoms with van der Waals surface area (Å²) in [5, 5.41) is 0. The predicted octanol–water partition coefficient (Wildman–Crippen LogP) is 4.87. The summed E-state index contributed by atoms with van der Waals surface area (Å²) in [6.07, 6.45) is 21.4. The van der Waals surface area contributed by atoms with Gasteiger partial charge in [-0.3, -0.25) is 4.79 Å². The van der Waals surface area contributed by atoms with Crippen LogP contribution >= 0.6 is 12.4 Å². The molecule has 0 aromatic heterocycles. The van der Waals surface area contributed by atoms with Crippen LogP contribution in [0.15, 0.2) is 12.2 Å². The highest BCUT2D eigenvalue weighted by Gasteiger charge is 1.94. The highest BCUT2D eigenvalue weighted by atomic mass is 35.5. The van der Waals surface area contributed by atoms with Gasteiger partial charge in [0.15, 0.2) is 0 Å². The lowest BCUT2D eigenvalue weighted by atomic mass is 10.1. The topological polar surface area (TPSA) is 69.1 Å². The van der Waals surface area contributed by atoms with E-state index in [2.05, 4.69) is 12.2 Å².